The topological polar surface area (TPSA) is 67.9 Å². The molecule has 4 rings (SSSR count). The lowest BCUT2D eigenvalue weighted by Gasteiger charge is -2.31. The highest BCUT2D eigenvalue weighted by Gasteiger charge is 2.31. The number of methoxy groups -OCH3 is 1. The van der Waals surface area contributed by atoms with Gasteiger partial charge in [0.25, 0.3) is 5.91 Å². The van der Waals surface area contributed by atoms with E-state index < -0.39 is 6.04 Å². The van der Waals surface area contributed by atoms with Crippen molar-refractivity contribution in [1.29, 1.82) is 0 Å². The van der Waals surface area contributed by atoms with Crippen LogP contribution in [0.25, 0.3) is 0 Å². The van der Waals surface area contributed by atoms with Gasteiger partial charge in [0.1, 0.15) is 23.4 Å². The number of nitrogens with one attached hydrogen (secondary N) is 1. The fourth-order valence-corrected chi connectivity index (χ4v) is 3.99. The van der Waals surface area contributed by atoms with Gasteiger partial charge >= 0.3 is 0 Å². The molecule has 194 valence electrons. The molecule has 0 bridgehead atoms. The number of para-hydroxylation sites is 1. The van der Waals surface area contributed by atoms with E-state index in [1.54, 1.807) is 43.5 Å². The number of ether oxygens (including phenoxy) is 2. The Morgan fingerprint density at radius 3 is 2.03 bits per heavy atom. The normalized spacial score (nSPS) is 11.3. The van der Waals surface area contributed by atoms with Crippen molar-refractivity contribution in [1.82, 2.24) is 10.2 Å². The van der Waals surface area contributed by atoms with E-state index in [0.29, 0.717) is 16.9 Å². The quantitative estimate of drug-likeness (QED) is 0.296. The van der Waals surface area contributed by atoms with Crippen molar-refractivity contribution in [3.8, 4) is 11.5 Å². The second kappa shape index (κ2) is 13.1. The van der Waals surface area contributed by atoms with Gasteiger partial charge in [0.2, 0.25) is 5.91 Å². The Hall–Kier alpha value is -4.65. The van der Waals surface area contributed by atoms with Crippen LogP contribution in [0.4, 0.5) is 4.39 Å². The number of rotatable bonds is 11. The second-order valence-electron chi connectivity index (χ2n) is 8.63. The first-order chi connectivity index (χ1) is 18.5. The average molecular weight is 513 g/mol. The van der Waals surface area contributed by atoms with E-state index in [2.05, 4.69) is 5.32 Å². The van der Waals surface area contributed by atoms with Gasteiger partial charge in [-0.2, -0.15) is 0 Å². The molecule has 7 heteroatoms. The highest BCUT2D eigenvalue weighted by molar-refractivity contribution is 5.89. The molecular weight excluding hydrogens is 483 g/mol. The van der Waals surface area contributed by atoms with E-state index in [-0.39, 0.29) is 37.3 Å². The predicted molar refractivity (Wildman–Crippen MR) is 143 cm³/mol. The highest BCUT2D eigenvalue weighted by Crippen LogP contribution is 2.25. The van der Waals surface area contributed by atoms with E-state index in [1.165, 1.54) is 17.0 Å². The molecule has 0 aliphatic heterocycles. The Labute approximate surface area is 221 Å². The van der Waals surface area contributed by atoms with Gasteiger partial charge < -0.3 is 19.7 Å². The minimum Gasteiger partial charge on any atom is -0.497 e. The van der Waals surface area contributed by atoms with Crippen molar-refractivity contribution < 1.29 is 23.5 Å². The van der Waals surface area contributed by atoms with Crippen LogP contribution in [0.2, 0.25) is 0 Å². The molecule has 0 aliphatic rings. The lowest BCUT2D eigenvalue weighted by atomic mass is 10.0. The molecule has 38 heavy (non-hydrogen) atoms. The Morgan fingerprint density at radius 1 is 0.789 bits per heavy atom. The third-order valence-electron chi connectivity index (χ3n) is 5.99. The molecule has 0 spiro atoms. The Bertz CT molecular complexity index is 1310. The number of halogens is 1. The minimum absolute atomic E-state index is 0.0901. The standard InChI is InChI=1S/C31H29FN2O4/c1-37-27-18-14-23(15-19-27)20-33-31(36)30(25-8-4-2-5-9-25)34(21-24-12-16-26(32)17-13-24)29(35)22-38-28-10-6-3-7-11-28/h2-19,30H,20-22H2,1H3,(H,33,36)/t30-/m1/s1. The zero-order chi connectivity index (χ0) is 26.7. The molecule has 0 aromatic heterocycles. The first kappa shape index (κ1) is 26.4. The van der Waals surface area contributed by atoms with E-state index in [0.717, 1.165) is 11.3 Å². The summed E-state index contributed by atoms with van der Waals surface area (Å²) in [7, 11) is 1.59. The molecule has 0 aliphatic carbocycles. The SMILES string of the molecule is COc1ccc(CNC(=O)[C@@H](c2ccccc2)N(Cc2ccc(F)cc2)C(=O)COc2ccccc2)cc1. The summed E-state index contributed by atoms with van der Waals surface area (Å²) < 4.78 is 24.5. The van der Waals surface area contributed by atoms with Crippen LogP contribution in [0.5, 0.6) is 11.5 Å². The number of carbonyl (C=O) groups is 2. The molecule has 0 saturated carbocycles. The fraction of sp³-hybridized carbons (Fsp3) is 0.161. The van der Waals surface area contributed by atoms with Gasteiger partial charge in [-0.15, -0.1) is 0 Å². The number of hydrogen-bond donors (Lipinski definition) is 1. The summed E-state index contributed by atoms with van der Waals surface area (Å²) >= 11 is 0. The minimum atomic E-state index is -0.939. The Kier molecular flexibility index (Phi) is 9.07. The molecule has 0 saturated heterocycles. The van der Waals surface area contributed by atoms with E-state index in [4.69, 9.17) is 9.47 Å². The summed E-state index contributed by atoms with van der Waals surface area (Å²) in [6.45, 7) is 0.0956. The third kappa shape index (κ3) is 7.20. The molecule has 1 atom stereocenters. The van der Waals surface area contributed by atoms with Crippen LogP contribution < -0.4 is 14.8 Å². The van der Waals surface area contributed by atoms with Crippen LogP contribution in [0.1, 0.15) is 22.7 Å². The predicted octanol–water partition coefficient (Wildman–Crippen LogP) is 5.30. The molecule has 2 amide bonds. The van der Waals surface area contributed by atoms with Crippen LogP contribution in [0.15, 0.2) is 109 Å². The van der Waals surface area contributed by atoms with Crippen molar-refractivity contribution >= 4 is 11.8 Å². The summed E-state index contributed by atoms with van der Waals surface area (Å²) in [6, 6.07) is 30.4. The van der Waals surface area contributed by atoms with Crippen LogP contribution in [0, 0.1) is 5.82 Å². The van der Waals surface area contributed by atoms with Gasteiger partial charge in [-0.05, 0) is 53.1 Å². The maximum atomic E-state index is 13.7. The molecule has 0 fully saturated rings. The van der Waals surface area contributed by atoms with Crippen LogP contribution >= 0.6 is 0 Å². The van der Waals surface area contributed by atoms with E-state index in [9.17, 15) is 14.0 Å². The van der Waals surface area contributed by atoms with Crippen LogP contribution in [-0.2, 0) is 22.7 Å². The molecule has 0 heterocycles. The van der Waals surface area contributed by atoms with Crippen molar-refractivity contribution in [3.05, 3.63) is 132 Å². The first-order valence-electron chi connectivity index (χ1n) is 12.2. The molecule has 1 N–H and O–H groups in total. The summed E-state index contributed by atoms with van der Waals surface area (Å²) in [5.74, 6) is 0.157. The number of benzene rings is 4. The maximum absolute atomic E-state index is 13.7. The maximum Gasteiger partial charge on any atom is 0.261 e. The fourth-order valence-electron chi connectivity index (χ4n) is 3.99. The van der Waals surface area contributed by atoms with Gasteiger partial charge in [-0.25, -0.2) is 4.39 Å². The van der Waals surface area contributed by atoms with Crippen LogP contribution in [0.3, 0.4) is 0 Å². The van der Waals surface area contributed by atoms with Crippen molar-refractivity contribution in [2.75, 3.05) is 13.7 Å². The summed E-state index contributed by atoms with van der Waals surface area (Å²) in [6.07, 6.45) is 0. The molecule has 6 nitrogen and oxygen atoms in total. The number of carbonyl (C=O) groups excluding carboxylic acids is 2. The molecule has 4 aromatic rings. The molecule has 4 aromatic carbocycles. The monoisotopic (exact) mass is 512 g/mol. The Morgan fingerprint density at radius 2 is 1.39 bits per heavy atom. The molecule has 0 radical (unpaired) electrons. The van der Waals surface area contributed by atoms with Crippen LogP contribution in [-0.4, -0.2) is 30.4 Å². The van der Waals surface area contributed by atoms with Gasteiger partial charge in [0.15, 0.2) is 6.61 Å². The summed E-state index contributed by atoms with van der Waals surface area (Å²) in [5, 5.41) is 2.96. The van der Waals surface area contributed by atoms with E-state index >= 15 is 0 Å². The Balaban J connectivity index is 1.61. The number of amides is 2. The largest absolute Gasteiger partial charge is 0.497 e. The second-order valence-corrected chi connectivity index (χ2v) is 8.63. The smallest absolute Gasteiger partial charge is 0.261 e. The number of nitrogens with zero attached hydrogens (tertiary/aromatic N) is 1. The first-order valence-corrected chi connectivity index (χ1v) is 12.2. The zero-order valence-electron chi connectivity index (χ0n) is 21.0. The lowest BCUT2D eigenvalue weighted by Crippen LogP contribution is -2.45. The number of hydrogen-bond acceptors (Lipinski definition) is 4. The van der Waals surface area contributed by atoms with Gasteiger partial charge in [-0.1, -0.05) is 72.8 Å². The van der Waals surface area contributed by atoms with Gasteiger partial charge in [0.05, 0.1) is 7.11 Å². The van der Waals surface area contributed by atoms with Crippen molar-refractivity contribution in [2.45, 2.75) is 19.1 Å². The summed E-state index contributed by atoms with van der Waals surface area (Å²) in [4.78, 5) is 28.7. The van der Waals surface area contributed by atoms with Gasteiger partial charge in [-0.3, -0.25) is 9.59 Å². The van der Waals surface area contributed by atoms with E-state index in [1.807, 2.05) is 60.7 Å². The molecule has 0 unspecified atom stereocenters. The average Bonchev–Trinajstić information content (AvgIpc) is 2.97. The van der Waals surface area contributed by atoms with Crippen molar-refractivity contribution in [3.63, 3.8) is 0 Å². The lowest BCUT2D eigenvalue weighted by molar-refractivity contribution is -0.143. The summed E-state index contributed by atoms with van der Waals surface area (Å²) in [5.41, 5.74) is 2.22. The third-order valence-corrected chi connectivity index (χ3v) is 5.99. The van der Waals surface area contributed by atoms with Gasteiger partial charge in [0, 0.05) is 13.1 Å². The van der Waals surface area contributed by atoms with Crippen molar-refractivity contribution in [2.24, 2.45) is 0 Å². The zero-order valence-corrected chi connectivity index (χ0v) is 21.0. The highest BCUT2D eigenvalue weighted by atomic mass is 19.1. The molecular formula is C31H29FN2O4.